The summed E-state index contributed by atoms with van der Waals surface area (Å²) in [5, 5.41) is 6.90. The maximum atomic E-state index is 13.2. The third-order valence-electron chi connectivity index (χ3n) is 4.85. The molecule has 2 aromatic carbocycles. The quantitative estimate of drug-likeness (QED) is 0.340. The molecule has 0 fully saturated rings. The van der Waals surface area contributed by atoms with Crippen LogP contribution in [0.4, 0.5) is 5.69 Å². The van der Waals surface area contributed by atoms with Crippen molar-refractivity contribution in [2.75, 3.05) is 5.32 Å². The summed E-state index contributed by atoms with van der Waals surface area (Å²) in [6.45, 7) is 5.43. The minimum Gasteiger partial charge on any atom is -0.456 e. The predicted octanol–water partition coefficient (Wildman–Crippen LogP) is 6.68. The Kier molecular flexibility index (Phi) is 6.38. The van der Waals surface area contributed by atoms with Crippen LogP contribution in [0.15, 0.2) is 83.8 Å². The number of rotatable bonds is 5. The van der Waals surface area contributed by atoms with Gasteiger partial charge >= 0.3 is 5.97 Å². The van der Waals surface area contributed by atoms with Crippen molar-refractivity contribution in [3.8, 4) is 22.3 Å². The molecular formula is C27H24N2O3S. The zero-order chi connectivity index (χ0) is 23.4. The number of hydrogen-bond acceptors (Lipinski definition) is 5. The first-order valence-corrected chi connectivity index (χ1v) is 11.5. The van der Waals surface area contributed by atoms with Crippen molar-refractivity contribution in [3.05, 3.63) is 94.9 Å². The van der Waals surface area contributed by atoms with E-state index in [0.717, 1.165) is 22.3 Å². The van der Waals surface area contributed by atoms with Crippen LogP contribution in [-0.2, 0) is 4.74 Å². The van der Waals surface area contributed by atoms with Crippen LogP contribution in [-0.4, -0.2) is 22.5 Å². The second kappa shape index (κ2) is 9.38. The highest BCUT2D eigenvalue weighted by Gasteiger charge is 2.22. The van der Waals surface area contributed by atoms with Gasteiger partial charge in [-0.2, -0.15) is 11.3 Å². The number of nitrogens with zero attached hydrogens (tertiary/aromatic N) is 1. The maximum Gasteiger partial charge on any atom is 0.340 e. The molecule has 0 aliphatic carbocycles. The summed E-state index contributed by atoms with van der Waals surface area (Å²) in [6.07, 6.45) is 3.23. The molecule has 5 nitrogen and oxygen atoms in total. The monoisotopic (exact) mass is 456 g/mol. The molecular weight excluding hydrogens is 432 g/mol. The molecule has 2 heterocycles. The number of carbonyl (C=O) groups is 2. The average molecular weight is 457 g/mol. The van der Waals surface area contributed by atoms with Crippen LogP contribution in [0.2, 0.25) is 0 Å². The summed E-state index contributed by atoms with van der Waals surface area (Å²) in [7, 11) is 0. The molecule has 2 aromatic heterocycles. The summed E-state index contributed by atoms with van der Waals surface area (Å²) in [6, 6.07) is 18.9. The van der Waals surface area contributed by atoms with Gasteiger partial charge in [-0.1, -0.05) is 36.4 Å². The molecule has 0 aliphatic heterocycles. The van der Waals surface area contributed by atoms with E-state index in [1.54, 1.807) is 35.7 Å². The number of pyridine rings is 1. The zero-order valence-corrected chi connectivity index (χ0v) is 19.5. The number of esters is 1. The molecule has 0 atom stereocenters. The van der Waals surface area contributed by atoms with E-state index < -0.39 is 11.6 Å². The molecule has 0 bridgehead atoms. The molecule has 0 spiro atoms. The van der Waals surface area contributed by atoms with Crippen LogP contribution in [0.25, 0.3) is 22.3 Å². The van der Waals surface area contributed by atoms with Gasteiger partial charge in [-0.3, -0.25) is 9.78 Å². The summed E-state index contributed by atoms with van der Waals surface area (Å²) in [5.41, 5.74) is 4.14. The van der Waals surface area contributed by atoms with Crippen molar-refractivity contribution in [3.63, 3.8) is 0 Å². The summed E-state index contributed by atoms with van der Waals surface area (Å²) >= 11 is 1.58. The first kappa shape index (κ1) is 22.4. The van der Waals surface area contributed by atoms with Crippen molar-refractivity contribution in [1.29, 1.82) is 0 Å². The molecule has 4 rings (SSSR count). The average Bonchev–Trinajstić information content (AvgIpc) is 3.33. The van der Waals surface area contributed by atoms with E-state index in [1.165, 1.54) is 6.20 Å². The third kappa shape index (κ3) is 5.54. The molecule has 33 heavy (non-hydrogen) atoms. The normalized spacial score (nSPS) is 11.1. The van der Waals surface area contributed by atoms with Crippen LogP contribution < -0.4 is 5.32 Å². The largest absolute Gasteiger partial charge is 0.456 e. The molecule has 0 unspecified atom stereocenters. The molecule has 0 saturated carbocycles. The first-order valence-electron chi connectivity index (χ1n) is 10.5. The van der Waals surface area contributed by atoms with Crippen molar-refractivity contribution in [1.82, 2.24) is 4.98 Å². The molecule has 4 aromatic rings. The van der Waals surface area contributed by atoms with E-state index in [1.807, 2.05) is 74.0 Å². The second-order valence-electron chi connectivity index (χ2n) is 8.56. The van der Waals surface area contributed by atoms with Crippen LogP contribution in [0, 0.1) is 0 Å². The Morgan fingerprint density at radius 2 is 1.67 bits per heavy atom. The van der Waals surface area contributed by atoms with Gasteiger partial charge in [-0.15, -0.1) is 0 Å². The molecule has 0 aliphatic rings. The standard InChI is InChI=1S/C27H24N2O3S/c1-27(2,3)32-26(31)23-10-9-19(20-11-12-33-17-20)14-24(23)29-25(30)22-13-21(15-28-16-22)18-7-5-4-6-8-18/h4-17H,1-3H3,(H,29,30). The van der Waals surface area contributed by atoms with E-state index in [-0.39, 0.29) is 5.91 Å². The van der Waals surface area contributed by atoms with Crippen molar-refractivity contribution < 1.29 is 14.3 Å². The molecule has 1 N–H and O–H groups in total. The number of thiophene rings is 1. The van der Waals surface area contributed by atoms with Gasteiger partial charge in [-0.05, 0) is 72.5 Å². The fourth-order valence-electron chi connectivity index (χ4n) is 3.31. The Bertz CT molecular complexity index is 1280. The fraction of sp³-hybridized carbons (Fsp3) is 0.148. The smallest absolute Gasteiger partial charge is 0.340 e. The molecule has 166 valence electrons. The van der Waals surface area contributed by atoms with E-state index >= 15 is 0 Å². The molecule has 1 amide bonds. The van der Waals surface area contributed by atoms with Gasteiger partial charge in [0.2, 0.25) is 0 Å². The highest BCUT2D eigenvalue weighted by Crippen LogP contribution is 2.29. The highest BCUT2D eigenvalue weighted by molar-refractivity contribution is 7.08. The molecule has 0 radical (unpaired) electrons. The number of anilines is 1. The van der Waals surface area contributed by atoms with Gasteiger partial charge in [0.05, 0.1) is 16.8 Å². The van der Waals surface area contributed by atoms with Gasteiger partial charge in [-0.25, -0.2) is 4.79 Å². The number of carbonyl (C=O) groups excluding carboxylic acids is 2. The highest BCUT2D eigenvalue weighted by atomic mass is 32.1. The van der Waals surface area contributed by atoms with E-state index in [0.29, 0.717) is 16.8 Å². The van der Waals surface area contributed by atoms with Crippen LogP contribution >= 0.6 is 11.3 Å². The lowest BCUT2D eigenvalue weighted by Crippen LogP contribution is -2.25. The lowest BCUT2D eigenvalue weighted by molar-refractivity contribution is 0.00708. The number of amides is 1. The Labute approximate surface area is 197 Å². The Hall–Kier alpha value is -3.77. The number of benzene rings is 2. The Morgan fingerprint density at radius 3 is 2.36 bits per heavy atom. The van der Waals surface area contributed by atoms with E-state index in [9.17, 15) is 9.59 Å². The van der Waals surface area contributed by atoms with Gasteiger partial charge in [0.1, 0.15) is 5.60 Å². The Balaban J connectivity index is 1.67. The summed E-state index contributed by atoms with van der Waals surface area (Å²) < 4.78 is 5.56. The van der Waals surface area contributed by atoms with Crippen LogP contribution in [0.5, 0.6) is 0 Å². The minimum atomic E-state index is -0.654. The van der Waals surface area contributed by atoms with Gasteiger partial charge in [0.25, 0.3) is 5.91 Å². The molecule has 0 saturated heterocycles. The van der Waals surface area contributed by atoms with Crippen LogP contribution in [0.3, 0.4) is 0 Å². The van der Waals surface area contributed by atoms with Crippen molar-refractivity contribution >= 4 is 28.9 Å². The number of nitrogens with one attached hydrogen (secondary N) is 1. The van der Waals surface area contributed by atoms with Crippen molar-refractivity contribution in [2.45, 2.75) is 26.4 Å². The van der Waals surface area contributed by atoms with Crippen LogP contribution in [0.1, 0.15) is 41.5 Å². The minimum absolute atomic E-state index is 0.296. The number of hydrogen-bond donors (Lipinski definition) is 1. The lowest BCUT2D eigenvalue weighted by atomic mass is 10.0. The van der Waals surface area contributed by atoms with E-state index in [2.05, 4.69) is 10.3 Å². The van der Waals surface area contributed by atoms with Gasteiger partial charge < -0.3 is 10.1 Å². The summed E-state index contributed by atoms with van der Waals surface area (Å²) in [4.78, 5) is 30.2. The number of aromatic nitrogens is 1. The third-order valence-corrected chi connectivity index (χ3v) is 5.53. The second-order valence-corrected chi connectivity index (χ2v) is 9.34. The lowest BCUT2D eigenvalue weighted by Gasteiger charge is -2.21. The summed E-state index contributed by atoms with van der Waals surface area (Å²) in [5.74, 6) is -0.849. The van der Waals surface area contributed by atoms with Gasteiger partial charge in [0.15, 0.2) is 0 Å². The predicted molar refractivity (Wildman–Crippen MR) is 133 cm³/mol. The fourth-order valence-corrected chi connectivity index (χ4v) is 3.98. The Morgan fingerprint density at radius 1 is 0.879 bits per heavy atom. The zero-order valence-electron chi connectivity index (χ0n) is 18.7. The van der Waals surface area contributed by atoms with Gasteiger partial charge in [0, 0.05) is 18.0 Å². The maximum absolute atomic E-state index is 13.2. The van der Waals surface area contributed by atoms with E-state index in [4.69, 9.17) is 4.74 Å². The topological polar surface area (TPSA) is 68.3 Å². The number of ether oxygens (including phenoxy) is 1. The van der Waals surface area contributed by atoms with Crippen molar-refractivity contribution in [2.24, 2.45) is 0 Å². The molecule has 6 heteroatoms. The first-order chi connectivity index (χ1) is 15.8. The SMILES string of the molecule is CC(C)(C)OC(=O)c1ccc(-c2ccsc2)cc1NC(=O)c1cncc(-c2ccccc2)c1.